The van der Waals surface area contributed by atoms with Crippen LogP contribution in [0.4, 0.5) is 17.1 Å². The zero-order valence-electron chi connectivity index (χ0n) is 32.1. The van der Waals surface area contributed by atoms with Crippen molar-refractivity contribution >= 4 is 34.8 Å². The SMILES string of the molecule is CCC(=O)N1c2ccccc2[C@H](Nc2ccc(-c3cnn(CCNC(=O)C4CCC(N[C@@H]5C[C@H](C)N(C(=O)CC)c6ccccc65)CC4)c3)cc2)C[C@@H]1C. The molecule has 3 heterocycles. The number of carbonyl (C=O) groups excluding carboxylic acids is 3. The van der Waals surface area contributed by atoms with Gasteiger partial charge < -0.3 is 25.8 Å². The fourth-order valence-electron chi connectivity index (χ4n) is 8.86. The fraction of sp³-hybridized carbons (Fsp3) is 0.455. The molecule has 2 aliphatic heterocycles. The molecule has 10 nitrogen and oxygen atoms in total. The van der Waals surface area contributed by atoms with E-state index in [1.54, 1.807) is 0 Å². The van der Waals surface area contributed by atoms with Gasteiger partial charge in [0.1, 0.15) is 0 Å². The lowest BCUT2D eigenvalue weighted by Gasteiger charge is -2.41. The molecule has 1 aromatic heterocycles. The molecule has 1 saturated carbocycles. The molecule has 0 unspecified atom stereocenters. The molecule has 1 fully saturated rings. The number of nitrogens with one attached hydrogen (secondary N) is 3. The van der Waals surface area contributed by atoms with Crippen LogP contribution in [0.5, 0.6) is 0 Å². The number of fused-ring (bicyclic) bond motifs is 2. The molecule has 3 amide bonds. The van der Waals surface area contributed by atoms with Crippen molar-refractivity contribution in [2.75, 3.05) is 21.7 Å². The number of para-hydroxylation sites is 2. The van der Waals surface area contributed by atoms with Crippen LogP contribution in [0.3, 0.4) is 0 Å². The van der Waals surface area contributed by atoms with Crippen LogP contribution in [-0.4, -0.2) is 52.2 Å². The van der Waals surface area contributed by atoms with Crippen molar-refractivity contribution < 1.29 is 14.4 Å². The summed E-state index contributed by atoms with van der Waals surface area (Å²) in [6.45, 7) is 9.25. The van der Waals surface area contributed by atoms with Crippen molar-refractivity contribution in [2.45, 2.75) is 116 Å². The lowest BCUT2D eigenvalue weighted by Crippen LogP contribution is -2.47. The van der Waals surface area contributed by atoms with Crippen LogP contribution in [0.1, 0.15) is 102 Å². The maximum atomic E-state index is 13.1. The predicted octanol–water partition coefficient (Wildman–Crippen LogP) is 7.78. The molecule has 10 heteroatoms. The molecule has 284 valence electrons. The topological polar surface area (TPSA) is 112 Å². The third-order valence-corrected chi connectivity index (χ3v) is 11.7. The van der Waals surface area contributed by atoms with Gasteiger partial charge in [-0.05, 0) is 93.3 Å². The van der Waals surface area contributed by atoms with Crippen LogP contribution in [0, 0.1) is 5.92 Å². The van der Waals surface area contributed by atoms with Gasteiger partial charge in [0.2, 0.25) is 17.7 Å². The quantitative estimate of drug-likeness (QED) is 0.146. The van der Waals surface area contributed by atoms with Crippen LogP contribution >= 0.6 is 0 Å². The second-order valence-electron chi connectivity index (χ2n) is 15.3. The zero-order chi connectivity index (χ0) is 37.8. The molecule has 3 N–H and O–H groups in total. The smallest absolute Gasteiger partial charge is 0.226 e. The minimum atomic E-state index is 0.0293. The minimum Gasteiger partial charge on any atom is -0.378 e. The van der Waals surface area contributed by atoms with Gasteiger partial charge in [-0.15, -0.1) is 0 Å². The van der Waals surface area contributed by atoms with Crippen LogP contribution < -0.4 is 25.8 Å². The zero-order valence-corrected chi connectivity index (χ0v) is 32.1. The van der Waals surface area contributed by atoms with Crippen LogP contribution in [-0.2, 0) is 20.9 Å². The summed E-state index contributed by atoms with van der Waals surface area (Å²) >= 11 is 0. The first-order chi connectivity index (χ1) is 26.2. The number of anilines is 3. The van der Waals surface area contributed by atoms with E-state index in [1.807, 2.05) is 65.0 Å². The normalized spacial score (nSPS) is 23.6. The average Bonchev–Trinajstić information content (AvgIpc) is 3.67. The van der Waals surface area contributed by atoms with Crippen molar-refractivity contribution in [1.82, 2.24) is 20.4 Å². The maximum absolute atomic E-state index is 13.1. The van der Waals surface area contributed by atoms with E-state index < -0.39 is 0 Å². The van der Waals surface area contributed by atoms with Crippen LogP contribution in [0.2, 0.25) is 0 Å². The summed E-state index contributed by atoms with van der Waals surface area (Å²) < 4.78 is 1.89. The Bertz CT molecular complexity index is 1930. The van der Waals surface area contributed by atoms with Crippen molar-refractivity contribution in [3.63, 3.8) is 0 Å². The maximum Gasteiger partial charge on any atom is 0.226 e. The first kappa shape index (κ1) is 37.4. The molecule has 3 aliphatic rings. The number of nitrogens with zero attached hydrogens (tertiary/aromatic N) is 4. The van der Waals surface area contributed by atoms with E-state index >= 15 is 0 Å². The Morgan fingerprint density at radius 1 is 0.722 bits per heavy atom. The lowest BCUT2D eigenvalue weighted by atomic mass is 9.83. The molecule has 4 aromatic rings. The van der Waals surface area contributed by atoms with Gasteiger partial charge in [0.25, 0.3) is 0 Å². The highest BCUT2D eigenvalue weighted by atomic mass is 16.2. The number of benzene rings is 3. The Kier molecular flexibility index (Phi) is 11.5. The second kappa shape index (κ2) is 16.6. The molecule has 0 spiro atoms. The molecule has 4 atom stereocenters. The molecule has 1 aliphatic carbocycles. The molecule has 7 rings (SSSR count). The molecule has 3 aromatic carbocycles. The van der Waals surface area contributed by atoms with Gasteiger partial charge >= 0.3 is 0 Å². The van der Waals surface area contributed by atoms with Crippen molar-refractivity contribution in [3.05, 3.63) is 96.3 Å². The molecule has 0 bridgehead atoms. The largest absolute Gasteiger partial charge is 0.378 e. The van der Waals surface area contributed by atoms with E-state index in [9.17, 15) is 14.4 Å². The van der Waals surface area contributed by atoms with E-state index in [0.717, 1.165) is 72.3 Å². The average molecular weight is 730 g/mol. The molecule has 0 saturated heterocycles. The summed E-state index contributed by atoms with van der Waals surface area (Å²) in [6.07, 6.45) is 10.3. The second-order valence-corrected chi connectivity index (χ2v) is 15.3. The van der Waals surface area contributed by atoms with E-state index in [-0.39, 0.29) is 47.8 Å². The Hall–Kier alpha value is -4.96. The Morgan fingerprint density at radius 3 is 1.91 bits per heavy atom. The van der Waals surface area contributed by atoms with Gasteiger partial charge in [-0.1, -0.05) is 62.4 Å². The van der Waals surface area contributed by atoms with Crippen molar-refractivity contribution in [2.24, 2.45) is 5.92 Å². The van der Waals surface area contributed by atoms with Gasteiger partial charge in [0, 0.05) is 78.3 Å². The number of aromatic nitrogens is 2. The Labute approximate surface area is 319 Å². The minimum absolute atomic E-state index is 0.0293. The number of carbonyl (C=O) groups is 3. The fourth-order valence-corrected chi connectivity index (χ4v) is 8.86. The Balaban J connectivity index is 0.868. The first-order valence-electron chi connectivity index (χ1n) is 20.0. The summed E-state index contributed by atoms with van der Waals surface area (Å²) in [4.78, 5) is 42.5. The van der Waals surface area contributed by atoms with E-state index in [4.69, 9.17) is 0 Å². The Morgan fingerprint density at radius 2 is 1.30 bits per heavy atom. The van der Waals surface area contributed by atoms with Crippen LogP contribution in [0.15, 0.2) is 85.2 Å². The third kappa shape index (κ3) is 7.94. The summed E-state index contributed by atoms with van der Waals surface area (Å²) in [7, 11) is 0. The summed E-state index contributed by atoms with van der Waals surface area (Å²) in [6, 6.07) is 25.9. The molecule has 54 heavy (non-hydrogen) atoms. The van der Waals surface area contributed by atoms with Gasteiger partial charge in [-0.2, -0.15) is 5.10 Å². The van der Waals surface area contributed by atoms with Gasteiger partial charge in [0.15, 0.2) is 0 Å². The van der Waals surface area contributed by atoms with Crippen LogP contribution in [0.25, 0.3) is 11.1 Å². The monoisotopic (exact) mass is 729 g/mol. The number of amides is 3. The number of rotatable bonds is 11. The summed E-state index contributed by atoms with van der Waals surface area (Å²) in [5.74, 6) is 0.490. The predicted molar refractivity (Wildman–Crippen MR) is 215 cm³/mol. The van der Waals surface area contributed by atoms with E-state index in [2.05, 4.69) is 83.4 Å². The summed E-state index contributed by atoms with van der Waals surface area (Å²) in [5.41, 5.74) is 7.52. The highest BCUT2D eigenvalue weighted by molar-refractivity contribution is 5.96. The molecular formula is C44H55N7O3. The highest BCUT2D eigenvalue weighted by Crippen LogP contribution is 2.40. The summed E-state index contributed by atoms with van der Waals surface area (Å²) in [5, 5.41) is 15.4. The van der Waals surface area contributed by atoms with Gasteiger partial charge in [-0.25, -0.2) is 0 Å². The van der Waals surface area contributed by atoms with Gasteiger partial charge in [0.05, 0.1) is 18.8 Å². The highest BCUT2D eigenvalue weighted by Gasteiger charge is 2.36. The first-order valence-corrected chi connectivity index (χ1v) is 20.0. The molecule has 0 radical (unpaired) electrons. The number of hydrogen-bond donors (Lipinski definition) is 3. The van der Waals surface area contributed by atoms with Crippen molar-refractivity contribution in [3.8, 4) is 11.1 Å². The standard InChI is InChI=1S/C44H55N7O3/c1-5-42(52)50-29(3)25-38(36-11-7-9-13-40(36)50)47-34-19-15-31(16-20-34)33-27-46-49(28-33)24-23-45-44(54)32-17-21-35(22-18-32)48-39-26-30(4)51(43(53)6-2)41-14-10-8-12-37(39)41/h7-16,19-20,27-30,32,35,38-39,47-48H,5-6,17-18,21-26H2,1-4H3,(H,45,54)/t29-,30-,32?,35?,38+,39+/m0/s1. The molecular weight excluding hydrogens is 675 g/mol. The van der Waals surface area contributed by atoms with Gasteiger partial charge in [-0.3, -0.25) is 19.1 Å². The number of hydrogen-bond acceptors (Lipinski definition) is 6. The van der Waals surface area contributed by atoms with E-state index in [0.29, 0.717) is 32.0 Å². The lowest BCUT2D eigenvalue weighted by molar-refractivity contribution is -0.126. The third-order valence-electron chi connectivity index (χ3n) is 11.7. The van der Waals surface area contributed by atoms with Crippen molar-refractivity contribution in [1.29, 1.82) is 0 Å². The van der Waals surface area contributed by atoms with E-state index in [1.165, 1.54) is 5.56 Å².